The molecule has 1 amide bonds. The molecule has 1 heterocycles. The average Bonchev–Trinajstić information content (AvgIpc) is 2.41. The Balaban J connectivity index is 2.35. The topological polar surface area (TPSA) is 33.2 Å². The third-order valence-corrected chi connectivity index (χ3v) is 2.53. The van der Waals surface area contributed by atoms with Gasteiger partial charge in [-0.15, -0.1) is 0 Å². The number of nitrogens with zero attached hydrogens (tertiary/aromatic N) is 2. The number of rotatable bonds is 2. The quantitative estimate of drug-likeness (QED) is 0.765. The van der Waals surface area contributed by atoms with E-state index >= 15 is 0 Å². The van der Waals surface area contributed by atoms with Crippen molar-refractivity contribution < 1.29 is 13.6 Å². The first kappa shape index (κ1) is 12.2. The van der Waals surface area contributed by atoms with Crippen LogP contribution < -0.4 is 4.90 Å². The summed E-state index contributed by atoms with van der Waals surface area (Å²) in [6.45, 7) is 0. The second-order valence-corrected chi connectivity index (χ2v) is 3.66. The Morgan fingerprint density at radius 1 is 1.17 bits per heavy atom. The third-order valence-electron chi connectivity index (χ3n) is 2.53. The minimum atomic E-state index is -1.28. The molecule has 0 radical (unpaired) electrons. The molecule has 0 fully saturated rings. The van der Waals surface area contributed by atoms with Gasteiger partial charge >= 0.3 is 0 Å². The Bertz CT molecular complexity index is 572. The van der Waals surface area contributed by atoms with Crippen LogP contribution in [-0.2, 0) is 0 Å². The predicted molar refractivity (Wildman–Crippen MR) is 63.3 cm³/mol. The lowest BCUT2D eigenvalue weighted by molar-refractivity contribution is 0.0987. The normalized spacial score (nSPS) is 10.2. The number of anilines is 1. The van der Waals surface area contributed by atoms with Gasteiger partial charge < -0.3 is 4.90 Å². The van der Waals surface area contributed by atoms with Gasteiger partial charge in [-0.2, -0.15) is 4.39 Å². The molecule has 0 N–H and O–H groups in total. The molecular formula is C13H10F2N2O. The van der Waals surface area contributed by atoms with Gasteiger partial charge in [0.15, 0.2) is 5.82 Å². The monoisotopic (exact) mass is 248 g/mol. The predicted octanol–water partition coefficient (Wildman–Crippen LogP) is 2.64. The van der Waals surface area contributed by atoms with Crippen molar-refractivity contribution in [2.75, 3.05) is 11.9 Å². The zero-order valence-corrected chi connectivity index (χ0v) is 9.60. The van der Waals surface area contributed by atoms with Crippen LogP contribution in [-0.4, -0.2) is 17.9 Å². The van der Waals surface area contributed by atoms with Crippen molar-refractivity contribution in [1.29, 1.82) is 0 Å². The Labute approximate surface area is 103 Å². The highest BCUT2D eigenvalue weighted by Gasteiger charge is 2.20. The van der Waals surface area contributed by atoms with Crippen LogP contribution in [0.15, 0.2) is 42.6 Å². The van der Waals surface area contributed by atoms with E-state index < -0.39 is 17.7 Å². The van der Waals surface area contributed by atoms with Crippen LogP contribution in [0, 0.1) is 11.8 Å². The van der Waals surface area contributed by atoms with E-state index in [1.165, 1.54) is 11.9 Å². The molecule has 1 aromatic heterocycles. The molecule has 0 aliphatic heterocycles. The summed E-state index contributed by atoms with van der Waals surface area (Å²) in [5.41, 5.74) is 0.257. The minimum absolute atomic E-state index is 0.339. The van der Waals surface area contributed by atoms with Crippen LogP contribution in [0.4, 0.5) is 14.5 Å². The molecule has 18 heavy (non-hydrogen) atoms. The second-order valence-electron chi connectivity index (χ2n) is 3.66. The fourth-order valence-electron chi connectivity index (χ4n) is 1.53. The molecule has 2 rings (SSSR count). The van der Waals surface area contributed by atoms with E-state index in [1.807, 2.05) is 0 Å². The van der Waals surface area contributed by atoms with Gasteiger partial charge in [0.1, 0.15) is 0 Å². The molecule has 92 valence electrons. The molecule has 0 aliphatic rings. The number of carbonyl (C=O) groups is 1. The largest absolute Gasteiger partial charge is 0.311 e. The Morgan fingerprint density at radius 2 is 1.83 bits per heavy atom. The second kappa shape index (κ2) is 4.91. The van der Waals surface area contributed by atoms with Crippen molar-refractivity contribution in [3.05, 3.63) is 59.9 Å². The number of pyridine rings is 1. The van der Waals surface area contributed by atoms with Gasteiger partial charge in [0, 0.05) is 18.9 Å². The zero-order chi connectivity index (χ0) is 13.1. The van der Waals surface area contributed by atoms with Crippen LogP contribution in [0.25, 0.3) is 0 Å². The summed E-state index contributed by atoms with van der Waals surface area (Å²) in [6.07, 6.45) is 1.06. The highest BCUT2D eigenvalue weighted by molar-refractivity contribution is 6.05. The molecule has 0 aliphatic carbocycles. The molecule has 0 unspecified atom stereocenters. The number of halogens is 2. The number of amides is 1. The molecule has 0 bridgehead atoms. The van der Waals surface area contributed by atoms with E-state index in [-0.39, 0.29) is 5.56 Å². The van der Waals surface area contributed by atoms with E-state index in [9.17, 15) is 13.6 Å². The van der Waals surface area contributed by atoms with Gasteiger partial charge in [0.25, 0.3) is 5.91 Å². The molecule has 3 nitrogen and oxygen atoms in total. The zero-order valence-electron chi connectivity index (χ0n) is 9.60. The SMILES string of the molecule is CN(C(=O)c1ccnc(F)c1F)c1ccccc1. The molecule has 0 spiro atoms. The van der Waals surface area contributed by atoms with Gasteiger partial charge in [-0.25, -0.2) is 9.37 Å². The molecule has 1 aromatic carbocycles. The lowest BCUT2D eigenvalue weighted by Gasteiger charge is -2.17. The van der Waals surface area contributed by atoms with Crippen molar-refractivity contribution >= 4 is 11.6 Å². The average molecular weight is 248 g/mol. The fraction of sp³-hybridized carbons (Fsp3) is 0.0769. The summed E-state index contributed by atoms with van der Waals surface area (Å²) in [5.74, 6) is -3.13. The molecule has 5 heteroatoms. The maximum Gasteiger partial charge on any atom is 0.261 e. The van der Waals surface area contributed by atoms with E-state index in [0.29, 0.717) is 5.69 Å². The van der Waals surface area contributed by atoms with Crippen molar-refractivity contribution in [3.8, 4) is 0 Å². The van der Waals surface area contributed by atoms with Gasteiger partial charge in [-0.05, 0) is 18.2 Å². The van der Waals surface area contributed by atoms with E-state index in [1.54, 1.807) is 30.3 Å². The lowest BCUT2D eigenvalue weighted by Crippen LogP contribution is -2.27. The van der Waals surface area contributed by atoms with Crippen molar-refractivity contribution in [3.63, 3.8) is 0 Å². The van der Waals surface area contributed by atoms with Crippen LogP contribution in [0.2, 0.25) is 0 Å². The van der Waals surface area contributed by atoms with E-state index in [2.05, 4.69) is 4.98 Å². The maximum atomic E-state index is 13.4. The highest BCUT2D eigenvalue weighted by Crippen LogP contribution is 2.17. The number of para-hydroxylation sites is 1. The molecule has 0 atom stereocenters. The summed E-state index contributed by atoms with van der Waals surface area (Å²) in [6, 6.07) is 9.86. The first-order chi connectivity index (χ1) is 8.61. The molecule has 0 saturated heterocycles. The number of benzene rings is 1. The summed E-state index contributed by atoms with van der Waals surface area (Å²) in [4.78, 5) is 16.4. The van der Waals surface area contributed by atoms with Crippen LogP contribution in [0.3, 0.4) is 0 Å². The van der Waals surface area contributed by atoms with Crippen LogP contribution in [0.5, 0.6) is 0 Å². The maximum absolute atomic E-state index is 13.4. The number of aromatic nitrogens is 1. The molecule has 2 aromatic rings. The summed E-state index contributed by atoms with van der Waals surface area (Å²) in [5, 5.41) is 0. The Morgan fingerprint density at radius 3 is 2.50 bits per heavy atom. The highest BCUT2D eigenvalue weighted by atomic mass is 19.2. The summed E-state index contributed by atoms with van der Waals surface area (Å²) >= 11 is 0. The van der Waals surface area contributed by atoms with Gasteiger partial charge in [0.2, 0.25) is 5.95 Å². The standard InChI is InChI=1S/C13H10F2N2O/c1-17(9-5-3-2-4-6-9)13(18)10-7-8-16-12(15)11(10)14/h2-8H,1H3. The molecule has 0 saturated carbocycles. The van der Waals surface area contributed by atoms with Crippen LogP contribution >= 0.6 is 0 Å². The smallest absolute Gasteiger partial charge is 0.261 e. The Kier molecular flexibility index (Phi) is 3.32. The van der Waals surface area contributed by atoms with Gasteiger partial charge in [-0.3, -0.25) is 4.79 Å². The number of carbonyl (C=O) groups excluding carboxylic acids is 1. The Hall–Kier alpha value is -2.30. The van der Waals surface area contributed by atoms with Crippen molar-refractivity contribution in [2.24, 2.45) is 0 Å². The number of hydrogen-bond acceptors (Lipinski definition) is 2. The van der Waals surface area contributed by atoms with E-state index in [0.717, 1.165) is 12.3 Å². The summed E-state index contributed by atoms with van der Waals surface area (Å²) < 4.78 is 26.4. The van der Waals surface area contributed by atoms with Crippen molar-refractivity contribution in [1.82, 2.24) is 4.98 Å². The fourth-order valence-corrected chi connectivity index (χ4v) is 1.53. The van der Waals surface area contributed by atoms with E-state index in [4.69, 9.17) is 0 Å². The summed E-state index contributed by atoms with van der Waals surface area (Å²) in [7, 11) is 1.50. The van der Waals surface area contributed by atoms with Gasteiger partial charge in [-0.1, -0.05) is 18.2 Å². The lowest BCUT2D eigenvalue weighted by atomic mass is 10.2. The molecular weight excluding hydrogens is 238 g/mol. The first-order valence-electron chi connectivity index (χ1n) is 5.24. The van der Waals surface area contributed by atoms with Crippen molar-refractivity contribution in [2.45, 2.75) is 0 Å². The van der Waals surface area contributed by atoms with Gasteiger partial charge in [0.05, 0.1) is 5.56 Å². The first-order valence-corrected chi connectivity index (χ1v) is 5.24. The number of hydrogen-bond donors (Lipinski definition) is 0. The third kappa shape index (κ3) is 2.20. The van der Waals surface area contributed by atoms with Crippen LogP contribution in [0.1, 0.15) is 10.4 Å². The minimum Gasteiger partial charge on any atom is -0.311 e.